The van der Waals surface area contributed by atoms with Gasteiger partial charge in [-0.3, -0.25) is 4.79 Å². The van der Waals surface area contributed by atoms with E-state index >= 15 is 0 Å². The van der Waals surface area contributed by atoms with E-state index in [1.807, 2.05) is 0 Å². The van der Waals surface area contributed by atoms with Gasteiger partial charge in [0.15, 0.2) is 6.10 Å². The number of rotatable bonds is 4. The van der Waals surface area contributed by atoms with Crippen molar-refractivity contribution in [2.75, 3.05) is 0 Å². The van der Waals surface area contributed by atoms with Crippen molar-refractivity contribution in [1.29, 1.82) is 0 Å². The van der Waals surface area contributed by atoms with Gasteiger partial charge < -0.3 is 4.74 Å². The molecule has 1 atom stereocenters. The summed E-state index contributed by atoms with van der Waals surface area (Å²) < 4.78 is 42.3. The summed E-state index contributed by atoms with van der Waals surface area (Å²) >= 11 is 5.24. The van der Waals surface area contributed by atoms with Crippen LogP contribution in [-0.4, -0.2) is 11.3 Å². The van der Waals surface area contributed by atoms with Gasteiger partial charge in [0.05, 0.1) is 5.56 Å². The van der Waals surface area contributed by atoms with Crippen molar-refractivity contribution in [1.82, 2.24) is 0 Å². The average Bonchev–Trinajstić information content (AvgIpc) is 2.24. The molecule has 0 aliphatic rings. The van der Waals surface area contributed by atoms with E-state index < -0.39 is 23.1 Å². The highest BCUT2D eigenvalue weighted by atomic mass is 35.5. The van der Waals surface area contributed by atoms with E-state index in [4.69, 9.17) is 16.3 Å². The molecule has 0 aliphatic carbocycles. The molecule has 0 radical (unpaired) electrons. The van der Waals surface area contributed by atoms with Crippen molar-refractivity contribution < 1.29 is 22.7 Å². The van der Waals surface area contributed by atoms with E-state index in [2.05, 4.69) is 0 Å². The molecular formula is C11H10ClF3O2. The highest BCUT2D eigenvalue weighted by Gasteiger charge is 2.30. The molecule has 1 aromatic rings. The zero-order valence-corrected chi connectivity index (χ0v) is 9.68. The lowest BCUT2D eigenvalue weighted by Crippen LogP contribution is -2.22. The number of alkyl halides is 3. The maximum atomic E-state index is 12.4. The highest BCUT2D eigenvalue weighted by Crippen LogP contribution is 2.31. The Balaban J connectivity index is 2.89. The minimum Gasteiger partial charge on any atom is -0.481 e. The van der Waals surface area contributed by atoms with Crippen LogP contribution in [0.1, 0.15) is 18.9 Å². The van der Waals surface area contributed by atoms with Crippen molar-refractivity contribution in [2.24, 2.45) is 0 Å². The first-order valence-corrected chi connectivity index (χ1v) is 5.25. The van der Waals surface area contributed by atoms with Gasteiger partial charge in [0.1, 0.15) is 5.75 Å². The summed E-state index contributed by atoms with van der Waals surface area (Å²) in [6.07, 6.45) is -5.08. The number of halogens is 4. The van der Waals surface area contributed by atoms with Crippen LogP contribution in [-0.2, 0) is 11.0 Å². The molecule has 0 bridgehead atoms. The maximum Gasteiger partial charge on any atom is 0.416 e. The summed E-state index contributed by atoms with van der Waals surface area (Å²) in [7, 11) is 0. The van der Waals surface area contributed by atoms with Crippen molar-refractivity contribution >= 4 is 16.8 Å². The van der Waals surface area contributed by atoms with Gasteiger partial charge in [-0.15, -0.1) is 0 Å². The molecule has 1 rings (SSSR count). The largest absolute Gasteiger partial charge is 0.481 e. The second-order valence-electron chi connectivity index (χ2n) is 3.34. The van der Waals surface area contributed by atoms with Gasteiger partial charge in [0.2, 0.25) is 0 Å². The molecule has 0 saturated carbocycles. The van der Waals surface area contributed by atoms with E-state index in [0.717, 1.165) is 12.1 Å². The smallest absolute Gasteiger partial charge is 0.416 e. The predicted molar refractivity (Wildman–Crippen MR) is 57.0 cm³/mol. The summed E-state index contributed by atoms with van der Waals surface area (Å²) in [5.74, 6) is -0.0272. The third kappa shape index (κ3) is 3.93. The lowest BCUT2D eigenvalue weighted by Gasteiger charge is -2.14. The van der Waals surface area contributed by atoms with Gasteiger partial charge >= 0.3 is 6.18 Å². The number of carbonyl (C=O) groups excluding carboxylic acids is 1. The van der Waals surface area contributed by atoms with Crippen LogP contribution in [0.2, 0.25) is 0 Å². The molecule has 0 fully saturated rings. The van der Waals surface area contributed by atoms with Crippen LogP contribution in [0.5, 0.6) is 5.75 Å². The summed E-state index contributed by atoms with van der Waals surface area (Å²) in [4.78, 5) is 10.9. The average molecular weight is 267 g/mol. The number of ether oxygens (including phenoxy) is 1. The van der Waals surface area contributed by atoms with Crippen molar-refractivity contribution in [3.63, 3.8) is 0 Å². The molecule has 0 aliphatic heterocycles. The van der Waals surface area contributed by atoms with Gasteiger partial charge in [-0.05, 0) is 36.2 Å². The molecule has 1 unspecified atom stereocenters. The van der Waals surface area contributed by atoms with Gasteiger partial charge in [-0.1, -0.05) is 13.0 Å². The van der Waals surface area contributed by atoms with E-state index in [-0.39, 0.29) is 5.75 Å². The number of carbonyl (C=O) groups is 1. The zero-order valence-electron chi connectivity index (χ0n) is 8.92. The molecule has 1 aromatic carbocycles. The Kier molecular flexibility index (Phi) is 4.40. The van der Waals surface area contributed by atoms with Gasteiger partial charge in [-0.2, -0.15) is 13.2 Å². The molecule has 0 heterocycles. The minimum atomic E-state index is -4.44. The summed E-state index contributed by atoms with van der Waals surface area (Å²) in [5, 5.41) is -0.732. The van der Waals surface area contributed by atoms with Crippen LogP contribution in [0, 0.1) is 0 Å². The Bertz CT molecular complexity index is 404. The lowest BCUT2D eigenvalue weighted by atomic mass is 10.2. The third-order valence-corrected chi connectivity index (χ3v) is 2.31. The Hall–Kier alpha value is -1.23. The molecule has 0 N–H and O–H groups in total. The number of benzene rings is 1. The van der Waals surface area contributed by atoms with Gasteiger partial charge in [-0.25, -0.2) is 0 Å². The molecule has 0 saturated heterocycles. The van der Waals surface area contributed by atoms with Crippen molar-refractivity contribution in [3.8, 4) is 5.75 Å². The topological polar surface area (TPSA) is 26.3 Å². The predicted octanol–water partition coefficient (Wildman–Crippen LogP) is 3.63. The molecular weight excluding hydrogens is 257 g/mol. The van der Waals surface area contributed by atoms with Crippen LogP contribution in [0.4, 0.5) is 13.2 Å². The van der Waals surface area contributed by atoms with Crippen molar-refractivity contribution in [2.45, 2.75) is 25.6 Å². The first-order valence-electron chi connectivity index (χ1n) is 4.88. The van der Waals surface area contributed by atoms with Gasteiger partial charge in [0, 0.05) is 0 Å². The molecule has 6 heteroatoms. The molecule has 0 amide bonds. The molecule has 0 spiro atoms. The van der Waals surface area contributed by atoms with E-state index in [1.54, 1.807) is 6.92 Å². The van der Waals surface area contributed by atoms with Crippen LogP contribution >= 0.6 is 11.6 Å². The van der Waals surface area contributed by atoms with Crippen LogP contribution in [0.15, 0.2) is 24.3 Å². The first-order chi connectivity index (χ1) is 7.84. The standard InChI is InChI=1S/C11H10ClF3O2/c1-2-9(10(12)16)17-8-5-3-4-7(6-8)11(13,14)15/h3-6,9H,2H2,1H3. The quantitative estimate of drug-likeness (QED) is 0.778. The van der Waals surface area contributed by atoms with Crippen molar-refractivity contribution in [3.05, 3.63) is 29.8 Å². The molecule has 2 nitrogen and oxygen atoms in total. The Morgan fingerprint density at radius 1 is 1.47 bits per heavy atom. The van der Waals surface area contributed by atoms with E-state index in [9.17, 15) is 18.0 Å². The van der Waals surface area contributed by atoms with Crippen LogP contribution in [0.3, 0.4) is 0 Å². The van der Waals surface area contributed by atoms with Gasteiger partial charge in [0.25, 0.3) is 5.24 Å². The Morgan fingerprint density at radius 3 is 2.59 bits per heavy atom. The van der Waals surface area contributed by atoms with Crippen LogP contribution in [0.25, 0.3) is 0 Å². The first kappa shape index (κ1) is 13.8. The number of hydrogen-bond donors (Lipinski definition) is 0. The second kappa shape index (κ2) is 5.40. The monoisotopic (exact) mass is 266 g/mol. The summed E-state index contributed by atoms with van der Waals surface area (Å²) in [6.45, 7) is 1.65. The van der Waals surface area contributed by atoms with E-state index in [1.165, 1.54) is 12.1 Å². The van der Waals surface area contributed by atoms with Crippen LogP contribution < -0.4 is 4.74 Å². The fraction of sp³-hybridized carbons (Fsp3) is 0.364. The maximum absolute atomic E-state index is 12.4. The number of hydrogen-bond acceptors (Lipinski definition) is 2. The Morgan fingerprint density at radius 2 is 2.12 bits per heavy atom. The summed E-state index contributed by atoms with van der Waals surface area (Å²) in [6, 6.07) is 4.32. The third-order valence-electron chi connectivity index (χ3n) is 2.06. The molecule has 94 valence electrons. The SMILES string of the molecule is CCC(Oc1cccc(C(F)(F)F)c1)C(=O)Cl. The van der Waals surface area contributed by atoms with E-state index in [0.29, 0.717) is 6.42 Å². The Labute approximate surface area is 101 Å². The molecule has 0 aromatic heterocycles. The molecule has 17 heavy (non-hydrogen) atoms. The fourth-order valence-corrected chi connectivity index (χ4v) is 1.40. The summed E-state index contributed by atoms with van der Waals surface area (Å²) in [5.41, 5.74) is -0.827. The normalized spacial score (nSPS) is 13.2. The fourth-order valence-electron chi connectivity index (χ4n) is 1.20. The lowest BCUT2D eigenvalue weighted by molar-refractivity contribution is -0.137. The highest BCUT2D eigenvalue weighted by molar-refractivity contribution is 6.64. The minimum absolute atomic E-state index is 0.0272. The zero-order chi connectivity index (χ0) is 13.1. The second-order valence-corrected chi connectivity index (χ2v) is 3.72.